The van der Waals surface area contributed by atoms with Gasteiger partial charge in [-0.3, -0.25) is 13.7 Å². The average molecular weight is 1150 g/mol. The highest BCUT2D eigenvalue weighted by molar-refractivity contribution is 6.10. The first-order valence-electron chi connectivity index (χ1n) is 30.9. The van der Waals surface area contributed by atoms with E-state index in [4.69, 9.17) is 14.1 Å². The number of pyridine rings is 1. The van der Waals surface area contributed by atoms with E-state index >= 15 is 0 Å². The van der Waals surface area contributed by atoms with E-state index < -0.39 is 0 Å². The summed E-state index contributed by atoms with van der Waals surface area (Å²) >= 11 is 0. The predicted octanol–water partition coefficient (Wildman–Crippen LogP) is 21.7. The number of nitrogens with zero attached hydrogens (tertiary/aromatic N) is 4. The molecule has 5 heterocycles. The molecule has 0 N–H and O–H groups in total. The minimum atomic E-state index is -0.267. The van der Waals surface area contributed by atoms with Crippen LogP contribution in [-0.2, 0) is 21.7 Å². The van der Waals surface area contributed by atoms with Crippen LogP contribution in [0, 0.1) is 6.33 Å². The van der Waals surface area contributed by atoms with Crippen LogP contribution in [0.2, 0.25) is 0 Å². The van der Waals surface area contributed by atoms with E-state index in [2.05, 4.69) is 309 Å². The van der Waals surface area contributed by atoms with Gasteiger partial charge in [-0.1, -0.05) is 210 Å². The summed E-state index contributed by atoms with van der Waals surface area (Å²) in [6, 6.07) is 77.9. The molecule has 15 rings (SSSR count). The number of rotatable bonds is 6. The van der Waals surface area contributed by atoms with Crippen molar-refractivity contribution >= 4 is 54.8 Å². The van der Waals surface area contributed by atoms with Gasteiger partial charge in [0, 0.05) is 33.8 Å². The quantitative estimate of drug-likeness (QED) is 0.123. The van der Waals surface area contributed by atoms with Crippen LogP contribution in [0.5, 0.6) is 11.5 Å². The Morgan fingerprint density at radius 3 is 1.77 bits per heavy atom. The number of hydrogen-bond donors (Lipinski definition) is 0. The van der Waals surface area contributed by atoms with Gasteiger partial charge in [-0.05, 0) is 178 Å². The van der Waals surface area contributed by atoms with Crippen molar-refractivity contribution in [3.63, 3.8) is 0 Å². The van der Waals surface area contributed by atoms with Crippen molar-refractivity contribution in [2.75, 3.05) is 0 Å². The molecular weight excluding hydrogens is 1070 g/mol. The standard InChI is InChI=1S/C82H72N4O2/c1-79(2,3)54-37-38-83-76(46-54)86-71-29-17-15-25-63(71)64-35-33-59(48-72(64)86)87-58-22-19-21-57(47-58)84-49-85-77-66(27-20-28-70(77)82(10,11)12)67-41-50(52-39-55(80(4,5)6)45-56(40-52)81(7,8)9)31-34-62(67)60-23-13-14-24-61(60)69-43-53(44-73(84)78(69)85)51-32-36-75-68(42-51)65-26-16-18-30-74(65)88-75/h13-48H,1-12H3. The third-order valence-electron chi connectivity index (χ3n) is 18.1. The number of aromatic nitrogens is 4. The lowest BCUT2D eigenvalue weighted by atomic mass is 9.78. The van der Waals surface area contributed by atoms with Gasteiger partial charge >= 0.3 is 0 Å². The van der Waals surface area contributed by atoms with Crippen LogP contribution >= 0.6 is 0 Å². The fourth-order valence-electron chi connectivity index (χ4n) is 13.4. The second kappa shape index (κ2) is 19.9. The number of benzene rings is 10. The van der Waals surface area contributed by atoms with E-state index in [9.17, 15) is 0 Å². The highest BCUT2D eigenvalue weighted by Gasteiger charge is 2.31. The Morgan fingerprint density at radius 2 is 1.01 bits per heavy atom. The molecule has 1 aliphatic heterocycles. The summed E-state index contributed by atoms with van der Waals surface area (Å²) in [6.07, 6.45) is 6.05. The van der Waals surface area contributed by atoms with E-state index in [-0.39, 0.29) is 21.7 Å². The van der Waals surface area contributed by atoms with Crippen molar-refractivity contribution < 1.29 is 13.7 Å². The summed E-state index contributed by atoms with van der Waals surface area (Å²) < 4.78 is 20.4. The third-order valence-corrected chi connectivity index (χ3v) is 18.1. The SMILES string of the molecule is CC(C)(C)c1cc(-c2ccc3c(c2)-c2cccc(C(C)(C)C)c2-[n+]2[c-]n(-c4cccc(Oc5ccc6c7ccccc7n(-c7cc(C(C)(C)C)ccn7)c6c5)c4)c4cc(-c5ccc6oc7ccccc7c6c5)cc(c42)-c2ccccc2-3)cc(C(C)(C)C)c1. The summed E-state index contributed by atoms with van der Waals surface area (Å²) in [5.41, 5.74) is 24.1. The molecule has 6 heteroatoms. The van der Waals surface area contributed by atoms with Gasteiger partial charge in [0.15, 0.2) is 0 Å². The van der Waals surface area contributed by atoms with Crippen molar-refractivity contribution in [3.05, 3.63) is 247 Å². The van der Waals surface area contributed by atoms with Gasteiger partial charge in [0.05, 0.1) is 33.4 Å². The van der Waals surface area contributed by atoms with E-state index in [1.165, 1.54) is 44.5 Å². The number of para-hydroxylation sites is 3. The number of furan rings is 1. The van der Waals surface area contributed by atoms with Crippen LogP contribution in [0.4, 0.5) is 0 Å². The Morgan fingerprint density at radius 1 is 0.398 bits per heavy atom. The molecule has 0 fully saturated rings. The van der Waals surface area contributed by atoms with E-state index in [1.807, 2.05) is 12.3 Å². The summed E-state index contributed by atoms with van der Waals surface area (Å²) in [7, 11) is 0. The fraction of sp³-hybridized carbons (Fsp3) is 0.195. The zero-order chi connectivity index (χ0) is 60.8. The Bertz CT molecular complexity index is 5140. The number of hydrogen-bond acceptors (Lipinski definition) is 3. The first-order chi connectivity index (χ1) is 42.1. The van der Waals surface area contributed by atoms with Gasteiger partial charge in [0.25, 0.3) is 6.33 Å². The molecule has 0 unspecified atom stereocenters. The summed E-state index contributed by atoms with van der Waals surface area (Å²) in [5, 5.41) is 4.48. The zero-order valence-corrected chi connectivity index (χ0v) is 52.4. The number of fused-ring (bicyclic) bond motifs is 13. The summed E-state index contributed by atoms with van der Waals surface area (Å²) in [4.78, 5) is 4.97. The van der Waals surface area contributed by atoms with Crippen LogP contribution in [0.15, 0.2) is 223 Å². The van der Waals surface area contributed by atoms with Crippen LogP contribution in [0.1, 0.15) is 105 Å². The molecule has 0 spiro atoms. The summed E-state index contributed by atoms with van der Waals surface area (Å²) in [6.45, 7) is 27.7. The van der Waals surface area contributed by atoms with Crippen molar-refractivity contribution in [2.24, 2.45) is 0 Å². The maximum absolute atomic E-state index is 7.04. The molecular formula is C82H72N4O2. The minimum Gasteiger partial charge on any atom is -0.458 e. The van der Waals surface area contributed by atoms with Crippen LogP contribution in [-0.4, -0.2) is 14.1 Å². The van der Waals surface area contributed by atoms with Gasteiger partial charge in [0.2, 0.25) is 0 Å². The molecule has 6 nitrogen and oxygen atoms in total. The molecule has 88 heavy (non-hydrogen) atoms. The maximum Gasteiger partial charge on any atom is 0.269 e. The zero-order valence-electron chi connectivity index (χ0n) is 52.4. The van der Waals surface area contributed by atoms with E-state index in [0.717, 1.165) is 111 Å². The van der Waals surface area contributed by atoms with Crippen molar-refractivity contribution in [3.8, 4) is 84.3 Å². The Balaban J connectivity index is 0.973. The molecule has 0 radical (unpaired) electrons. The highest BCUT2D eigenvalue weighted by atomic mass is 16.5. The Labute approximate surface area is 516 Å². The second-order valence-corrected chi connectivity index (χ2v) is 28.3. The lowest BCUT2D eigenvalue weighted by Crippen LogP contribution is -2.35. The first-order valence-corrected chi connectivity index (χ1v) is 30.9. The Kier molecular flexibility index (Phi) is 12.4. The lowest BCUT2D eigenvalue weighted by Gasteiger charge is -2.27. The van der Waals surface area contributed by atoms with Gasteiger partial charge in [-0.25, -0.2) is 4.98 Å². The molecule has 0 bridgehead atoms. The van der Waals surface area contributed by atoms with Gasteiger partial charge in [-0.2, -0.15) is 0 Å². The lowest BCUT2D eigenvalue weighted by molar-refractivity contribution is -0.572. The van der Waals surface area contributed by atoms with E-state index in [1.54, 1.807) is 0 Å². The molecule has 14 aromatic rings. The van der Waals surface area contributed by atoms with Crippen LogP contribution in [0.25, 0.3) is 128 Å². The van der Waals surface area contributed by atoms with Crippen molar-refractivity contribution in [1.29, 1.82) is 0 Å². The monoisotopic (exact) mass is 1140 g/mol. The molecule has 4 aromatic heterocycles. The smallest absolute Gasteiger partial charge is 0.269 e. The molecule has 0 aliphatic carbocycles. The normalized spacial score (nSPS) is 12.8. The third kappa shape index (κ3) is 9.22. The number of ether oxygens (including phenoxy) is 1. The maximum atomic E-state index is 7.04. The predicted molar refractivity (Wildman–Crippen MR) is 365 cm³/mol. The number of imidazole rings is 1. The van der Waals surface area contributed by atoms with Crippen molar-refractivity contribution in [2.45, 2.75) is 105 Å². The molecule has 0 saturated carbocycles. The summed E-state index contributed by atoms with van der Waals surface area (Å²) in [5.74, 6) is 2.31. The molecule has 10 aromatic carbocycles. The van der Waals surface area contributed by atoms with Crippen LogP contribution < -0.4 is 9.30 Å². The molecule has 0 atom stereocenters. The molecule has 1 aliphatic rings. The van der Waals surface area contributed by atoms with E-state index in [0.29, 0.717) is 5.75 Å². The Hall–Kier alpha value is -9.78. The minimum absolute atomic E-state index is 0.0434. The molecule has 432 valence electrons. The highest BCUT2D eigenvalue weighted by Crippen LogP contribution is 2.49. The second-order valence-electron chi connectivity index (χ2n) is 28.3. The first kappa shape index (κ1) is 54.8. The topological polar surface area (TPSA) is 49.0 Å². The van der Waals surface area contributed by atoms with Gasteiger partial charge in [-0.15, -0.1) is 0 Å². The van der Waals surface area contributed by atoms with Crippen molar-refractivity contribution in [1.82, 2.24) is 14.1 Å². The van der Waals surface area contributed by atoms with Crippen LogP contribution in [0.3, 0.4) is 0 Å². The van der Waals surface area contributed by atoms with Gasteiger partial charge in [0.1, 0.15) is 28.5 Å². The average Bonchev–Trinajstić information content (AvgIpc) is 1.57. The molecule has 0 saturated heterocycles. The largest absolute Gasteiger partial charge is 0.458 e. The molecule has 0 amide bonds. The fourth-order valence-corrected chi connectivity index (χ4v) is 13.4. The van der Waals surface area contributed by atoms with Gasteiger partial charge < -0.3 is 9.15 Å².